The lowest BCUT2D eigenvalue weighted by atomic mass is 10.1. The van der Waals surface area contributed by atoms with Crippen molar-refractivity contribution in [3.8, 4) is 11.5 Å². The molecule has 0 heterocycles. The average molecular weight is 413 g/mol. The van der Waals surface area contributed by atoms with Gasteiger partial charge in [0.05, 0.1) is 19.3 Å². The third-order valence-electron chi connectivity index (χ3n) is 4.30. The van der Waals surface area contributed by atoms with Crippen molar-refractivity contribution in [3.63, 3.8) is 0 Å². The van der Waals surface area contributed by atoms with Crippen LogP contribution in [-0.4, -0.2) is 38.0 Å². The molecule has 0 fully saturated rings. The number of carbonyl (C=O) groups is 3. The molecule has 0 aliphatic rings. The van der Waals surface area contributed by atoms with Gasteiger partial charge in [0, 0.05) is 17.7 Å². The smallest absolute Gasteiger partial charge is 0.338 e. The Hall–Kier alpha value is -3.35. The Morgan fingerprint density at radius 3 is 2.27 bits per heavy atom. The minimum Gasteiger partial charge on any atom is -0.493 e. The van der Waals surface area contributed by atoms with Crippen LogP contribution < -0.4 is 14.8 Å². The largest absolute Gasteiger partial charge is 0.493 e. The highest BCUT2D eigenvalue weighted by atomic mass is 16.5. The Labute approximate surface area is 176 Å². The summed E-state index contributed by atoms with van der Waals surface area (Å²) in [6.45, 7) is 3.99. The van der Waals surface area contributed by atoms with Crippen LogP contribution in [0.1, 0.15) is 53.8 Å². The van der Waals surface area contributed by atoms with Gasteiger partial charge in [-0.05, 0) is 48.9 Å². The van der Waals surface area contributed by atoms with Crippen LogP contribution in [0.5, 0.6) is 11.5 Å². The van der Waals surface area contributed by atoms with Gasteiger partial charge in [-0.2, -0.15) is 0 Å². The molecular formula is C23H27NO6. The molecule has 160 valence electrons. The number of nitrogens with one attached hydrogen (secondary N) is 1. The molecule has 1 amide bonds. The lowest BCUT2D eigenvalue weighted by Gasteiger charge is -2.12. The molecule has 2 aromatic rings. The molecule has 7 heteroatoms. The minimum atomic E-state index is -0.631. The number of anilines is 1. The van der Waals surface area contributed by atoms with E-state index in [2.05, 4.69) is 12.2 Å². The molecule has 0 radical (unpaired) electrons. The van der Waals surface area contributed by atoms with E-state index in [0.717, 1.165) is 12.8 Å². The number of methoxy groups -OCH3 is 1. The van der Waals surface area contributed by atoms with Crippen LogP contribution in [0.4, 0.5) is 5.69 Å². The highest BCUT2D eigenvalue weighted by Gasteiger charge is 2.15. The van der Waals surface area contributed by atoms with Crippen molar-refractivity contribution in [1.82, 2.24) is 0 Å². The van der Waals surface area contributed by atoms with E-state index in [9.17, 15) is 14.4 Å². The number of carbonyl (C=O) groups excluding carboxylic acids is 3. The van der Waals surface area contributed by atoms with Gasteiger partial charge in [-0.3, -0.25) is 9.59 Å². The van der Waals surface area contributed by atoms with Crippen molar-refractivity contribution in [2.75, 3.05) is 25.6 Å². The van der Waals surface area contributed by atoms with Crippen LogP contribution in [0.25, 0.3) is 0 Å². The first-order valence-corrected chi connectivity index (χ1v) is 9.89. The van der Waals surface area contributed by atoms with Crippen LogP contribution in [0, 0.1) is 0 Å². The van der Waals surface area contributed by atoms with Gasteiger partial charge < -0.3 is 19.5 Å². The molecule has 1 N–H and O–H groups in total. The van der Waals surface area contributed by atoms with Gasteiger partial charge in [0.25, 0.3) is 0 Å². The Kier molecular flexibility index (Phi) is 8.87. The summed E-state index contributed by atoms with van der Waals surface area (Å²) in [5.74, 6) is -0.109. The molecule has 30 heavy (non-hydrogen) atoms. The molecule has 2 aromatic carbocycles. The first-order chi connectivity index (χ1) is 14.5. The van der Waals surface area contributed by atoms with E-state index in [4.69, 9.17) is 14.2 Å². The zero-order valence-corrected chi connectivity index (χ0v) is 17.5. The lowest BCUT2D eigenvalue weighted by molar-refractivity contribution is -0.115. The van der Waals surface area contributed by atoms with Gasteiger partial charge in [0.15, 0.2) is 23.9 Å². The number of amides is 1. The summed E-state index contributed by atoms with van der Waals surface area (Å²) in [7, 11) is 1.49. The van der Waals surface area contributed by atoms with Gasteiger partial charge >= 0.3 is 5.97 Å². The summed E-state index contributed by atoms with van der Waals surface area (Å²) in [5, 5.41) is 2.70. The number of unbranched alkanes of at least 4 members (excludes halogenated alkanes) is 1. The summed E-state index contributed by atoms with van der Waals surface area (Å²) < 4.78 is 16.1. The topological polar surface area (TPSA) is 90.9 Å². The zero-order valence-electron chi connectivity index (χ0n) is 17.5. The molecule has 0 aliphatic carbocycles. The van der Waals surface area contributed by atoms with Crippen molar-refractivity contribution in [3.05, 3.63) is 53.6 Å². The third-order valence-corrected chi connectivity index (χ3v) is 4.30. The van der Waals surface area contributed by atoms with Crippen molar-refractivity contribution in [2.24, 2.45) is 0 Å². The van der Waals surface area contributed by atoms with Gasteiger partial charge in [0.1, 0.15) is 0 Å². The van der Waals surface area contributed by atoms with Crippen LogP contribution in [0.3, 0.4) is 0 Å². The van der Waals surface area contributed by atoms with Crippen LogP contribution in [0.2, 0.25) is 0 Å². The zero-order chi connectivity index (χ0) is 21.9. The SMILES string of the molecule is CCCCOc1ccc(C(=O)OCC(=O)c2ccc(NC(=O)CC)cc2)cc1OC. The number of Topliss-reactive ketones (excluding diaryl/α,β-unsaturated/α-hetero) is 1. The van der Waals surface area contributed by atoms with Crippen LogP contribution in [-0.2, 0) is 9.53 Å². The number of hydrogen-bond donors (Lipinski definition) is 1. The summed E-state index contributed by atoms with van der Waals surface area (Å²) in [6.07, 6.45) is 2.30. The molecule has 0 saturated carbocycles. The fraction of sp³-hybridized carbons (Fsp3) is 0.348. The fourth-order valence-electron chi connectivity index (χ4n) is 2.53. The van der Waals surface area contributed by atoms with Crippen molar-refractivity contribution < 1.29 is 28.6 Å². The van der Waals surface area contributed by atoms with Crippen LogP contribution >= 0.6 is 0 Å². The maximum atomic E-state index is 12.3. The minimum absolute atomic E-state index is 0.111. The third kappa shape index (κ3) is 6.62. The molecular weight excluding hydrogens is 386 g/mol. The van der Waals surface area contributed by atoms with Crippen molar-refractivity contribution >= 4 is 23.3 Å². The van der Waals surface area contributed by atoms with Gasteiger partial charge in [-0.15, -0.1) is 0 Å². The quantitative estimate of drug-likeness (QED) is 0.336. The summed E-state index contributed by atoms with van der Waals surface area (Å²) in [6, 6.07) is 11.2. The predicted octanol–water partition coefficient (Wildman–Crippen LogP) is 4.26. The van der Waals surface area contributed by atoms with Gasteiger partial charge in [0.2, 0.25) is 5.91 Å². The standard InChI is InChI=1S/C23H27NO6/c1-4-6-13-29-20-12-9-17(14-21(20)28-3)23(27)30-15-19(25)16-7-10-18(11-8-16)24-22(26)5-2/h7-12,14H,4-6,13,15H2,1-3H3,(H,24,26). The molecule has 7 nitrogen and oxygen atoms in total. The number of hydrogen-bond acceptors (Lipinski definition) is 6. The van der Waals surface area contributed by atoms with Crippen molar-refractivity contribution in [1.29, 1.82) is 0 Å². The number of benzene rings is 2. The number of ketones is 1. The van der Waals surface area contributed by atoms with Gasteiger partial charge in [-0.1, -0.05) is 20.3 Å². The normalized spacial score (nSPS) is 10.2. The Morgan fingerprint density at radius 1 is 0.933 bits per heavy atom. The molecule has 0 saturated heterocycles. The van der Waals surface area contributed by atoms with E-state index in [1.54, 1.807) is 43.3 Å². The molecule has 0 spiro atoms. The van der Waals surface area contributed by atoms with Crippen LogP contribution in [0.15, 0.2) is 42.5 Å². The Bertz CT molecular complexity index is 876. The van der Waals surface area contributed by atoms with Gasteiger partial charge in [-0.25, -0.2) is 4.79 Å². The number of esters is 1. The Morgan fingerprint density at radius 2 is 1.63 bits per heavy atom. The highest BCUT2D eigenvalue weighted by molar-refractivity contribution is 6.00. The second-order valence-corrected chi connectivity index (χ2v) is 6.55. The maximum absolute atomic E-state index is 12.3. The average Bonchev–Trinajstić information content (AvgIpc) is 2.77. The molecule has 0 bridgehead atoms. The summed E-state index contributed by atoms with van der Waals surface area (Å²) in [4.78, 5) is 36.0. The maximum Gasteiger partial charge on any atom is 0.338 e. The van der Waals surface area contributed by atoms with E-state index >= 15 is 0 Å². The molecule has 0 aromatic heterocycles. The molecule has 0 aliphatic heterocycles. The van der Waals surface area contributed by atoms with Crippen molar-refractivity contribution in [2.45, 2.75) is 33.1 Å². The second-order valence-electron chi connectivity index (χ2n) is 6.55. The van der Waals surface area contributed by atoms with E-state index in [1.807, 2.05) is 0 Å². The van der Waals surface area contributed by atoms with E-state index in [-0.39, 0.29) is 17.3 Å². The Balaban J connectivity index is 1.94. The number of rotatable bonds is 11. The molecule has 2 rings (SSSR count). The highest BCUT2D eigenvalue weighted by Crippen LogP contribution is 2.28. The fourth-order valence-corrected chi connectivity index (χ4v) is 2.53. The number of ether oxygens (including phenoxy) is 3. The van der Waals surface area contributed by atoms with E-state index in [0.29, 0.717) is 35.8 Å². The molecule has 0 unspecified atom stereocenters. The van der Waals surface area contributed by atoms with E-state index < -0.39 is 12.6 Å². The first-order valence-electron chi connectivity index (χ1n) is 9.89. The summed E-state index contributed by atoms with van der Waals surface area (Å²) >= 11 is 0. The van der Waals surface area contributed by atoms with E-state index in [1.165, 1.54) is 13.2 Å². The predicted molar refractivity (Wildman–Crippen MR) is 113 cm³/mol. The molecule has 0 atom stereocenters. The lowest BCUT2D eigenvalue weighted by Crippen LogP contribution is -2.15. The first kappa shape index (κ1) is 22.9. The summed E-state index contributed by atoms with van der Waals surface area (Å²) in [5.41, 5.74) is 1.25. The second kappa shape index (κ2) is 11.6. The monoisotopic (exact) mass is 413 g/mol.